The van der Waals surface area contributed by atoms with E-state index in [0.717, 1.165) is 29.1 Å². The minimum absolute atomic E-state index is 0.0978. The first-order chi connectivity index (χ1) is 16.4. The molecule has 1 aliphatic rings. The van der Waals surface area contributed by atoms with Gasteiger partial charge in [-0.15, -0.1) is 0 Å². The summed E-state index contributed by atoms with van der Waals surface area (Å²) in [6.07, 6.45) is 2.75. The Morgan fingerprint density at radius 1 is 0.971 bits per heavy atom. The fraction of sp³-hybridized carbons (Fsp3) is 0.269. The molecule has 0 radical (unpaired) electrons. The Morgan fingerprint density at radius 3 is 2.41 bits per heavy atom. The number of sulfonamides is 1. The summed E-state index contributed by atoms with van der Waals surface area (Å²) in [6.45, 7) is -0.370. The van der Waals surface area contributed by atoms with Crippen molar-refractivity contribution in [1.29, 1.82) is 0 Å². The van der Waals surface area contributed by atoms with Gasteiger partial charge in [-0.1, -0.05) is 42.5 Å². The third-order valence-corrected chi connectivity index (χ3v) is 7.77. The number of hydrogen-bond donors (Lipinski definition) is 1. The van der Waals surface area contributed by atoms with Crippen molar-refractivity contribution in [1.82, 2.24) is 5.32 Å². The lowest BCUT2D eigenvalue weighted by Crippen LogP contribution is -2.42. The van der Waals surface area contributed by atoms with E-state index in [1.807, 2.05) is 18.2 Å². The van der Waals surface area contributed by atoms with Crippen LogP contribution in [0.1, 0.15) is 30.0 Å². The SMILES string of the molecule is COc1ccc(N(CC(=O)N[C@@H]2CCCc3ccccc32)S(=O)(=O)c2ccccc2)cc1OC. The summed E-state index contributed by atoms with van der Waals surface area (Å²) in [5.41, 5.74) is 2.61. The lowest BCUT2D eigenvalue weighted by atomic mass is 9.88. The summed E-state index contributed by atoms with van der Waals surface area (Å²) in [6, 6.07) is 20.7. The van der Waals surface area contributed by atoms with Gasteiger partial charge in [0.15, 0.2) is 11.5 Å². The summed E-state index contributed by atoms with van der Waals surface area (Å²) >= 11 is 0. The van der Waals surface area contributed by atoms with Crippen LogP contribution in [0, 0.1) is 0 Å². The van der Waals surface area contributed by atoms with Crippen molar-refractivity contribution < 1.29 is 22.7 Å². The number of benzene rings is 3. The molecule has 0 saturated carbocycles. The highest BCUT2D eigenvalue weighted by molar-refractivity contribution is 7.92. The maximum Gasteiger partial charge on any atom is 0.264 e. The molecule has 0 heterocycles. The Labute approximate surface area is 200 Å². The molecule has 4 rings (SSSR count). The number of rotatable bonds is 8. The number of ether oxygens (including phenoxy) is 2. The zero-order chi connectivity index (χ0) is 24.1. The van der Waals surface area contributed by atoms with Gasteiger partial charge in [-0.3, -0.25) is 9.10 Å². The molecule has 0 aliphatic heterocycles. The minimum atomic E-state index is -4.02. The van der Waals surface area contributed by atoms with Crippen LogP contribution in [0.5, 0.6) is 11.5 Å². The Morgan fingerprint density at radius 2 is 1.68 bits per heavy atom. The summed E-state index contributed by atoms with van der Waals surface area (Å²) in [4.78, 5) is 13.3. The van der Waals surface area contributed by atoms with Gasteiger partial charge in [0.1, 0.15) is 6.54 Å². The number of nitrogens with zero attached hydrogens (tertiary/aromatic N) is 1. The summed E-state index contributed by atoms with van der Waals surface area (Å²) in [5.74, 6) is 0.456. The van der Waals surface area contributed by atoms with E-state index in [1.54, 1.807) is 36.4 Å². The van der Waals surface area contributed by atoms with Crippen molar-refractivity contribution >= 4 is 21.6 Å². The van der Waals surface area contributed by atoms with Crippen LogP contribution in [-0.2, 0) is 21.2 Å². The van der Waals surface area contributed by atoms with Crippen molar-refractivity contribution in [2.45, 2.75) is 30.2 Å². The average Bonchev–Trinajstić information content (AvgIpc) is 2.87. The number of carbonyl (C=O) groups excluding carboxylic acids is 1. The fourth-order valence-corrected chi connectivity index (χ4v) is 5.72. The molecule has 3 aromatic rings. The highest BCUT2D eigenvalue weighted by Gasteiger charge is 2.29. The first kappa shape index (κ1) is 23.6. The van der Waals surface area contributed by atoms with Crippen LogP contribution in [0.2, 0.25) is 0 Å². The van der Waals surface area contributed by atoms with Gasteiger partial charge in [-0.05, 0) is 54.7 Å². The molecule has 3 aromatic carbocycles. The van der Waals surface area contributed by atoms with Gasteiger partial charge in [0, 0.05) is 6.07 Å². The smallest absolute Gasteiger partial charge is 0.264 e. The lowest BCUT2D eigenvalue weighted by molar-refractivity contribution is -0.120. The van der Waals surface area contributed by atoms with Crippen molar-refractivity contribution in [3.8, 4) is 11.5 Å². The van der Waals surface area contributed by atoms with Crippen molar-refractivity contribution in [2.24, 2.45) is 0 Å². The molecule has 1 aliphatic carbocycles. The van der Waals surface area contributed by atoms with E-state index in [9.17, 15) is 13.2 Å². The topological polar surface area (TPSA) is 84.9 Å². The second-order valence-electron chi connectivity index (χ2n) is 8.08. The van der Waals surface area contributed by atoms with Crippen LogP contribution in [0.4, 0.5) is 5.69 Å². The summed E-state index contributed by atoms with van der Waals surface area (Å²) in [7, 11) is -1.04. The number of nitrogens with one attached hydrogen (secondary N) is 1. The van der Waals surface area contributed by atoms with Gasteiger partial charge in [-0.2, -0.15) is 0 Å². The molecule has 0 bridgehead atoms. The van der Waals surface area contributed by atoms with Gasteiger partial charge in [0.25, 0.3) is 10.0 Å². The van der Waals surface area contributed by atoms with E-state index in [4.69, 9.17) is 9.47 Å². The normalized spacial score (nSPS) is 15.2. The third kappa shape index (κ3) is 4.87. The van der Waals surface area contributed by atoms with Crippen molar-refractivity contribution in [3.63, 3.8) is 0 Å². The van der Waals surface area contributed by atoms with E-state index >= 15 is 0 Å². The quantitative estimate of drug-likeness (QED) is 0.525. The predicted octanol–water partition coefficient (Wildman–Crippen LogP) is 4.09. The zero-order valence-corrected chi connectivity index (χ0v) is 20.0. The number of fused-ring (bicyclic) bond motifs is 1. The third-order valence-electron chi connectivity index (χ3n) is 5.98. The maximum absolute atomic E-state index is 13.6. The molecule has 0 spiro atoms. The van der Waals surface area contributed by atoms with E-state index in [2.05, 4.69) is 11.4 Å². The highest BCUT2D eigenvalue weighted by atomic mass is 32.2. The Kier molecular flexibility index (Phi) is 7.07. The zero-order valence-electron chi connectivity index (χ0n) is 19.2. The van der Waals surface area contributed by atoms with Crippen LogP contribution >= 0.6 is 0 Å². The number of anilines is 1. The first-order valence-electron chi connectivity index (χ1n) is 11.1. The fourth-order valence-electron chi connectivity index (χ4n) is 4.29. The summed E-state index contributed by atoms with van der Waals surface area (Å²) in [5, 5.41) is 3.05. The monoisotopic (exact) mass is 480 g/mol. The minimum Gasteiger partial charge on any atom is -0.493 e. The molecule has 0 fully saturated rings. The molecule has 178 valence electrons. The van der Waals surface area contributed by atoms with Crippen LogP contribution < -0.4 is 19.1 Å². The van der Waals surface area contributed by atoms with Crippen LogP contribution in [0.25, 0.3) is 0 Å². The first-order valence-corrected chi connectivity index (χ1v) is 12.5. The number of aryl methyl sites for hydroxylation is 1. The maximum atomic E-state index is 13.6. The van der Waals surface area contributed by atoms with E-state index < -0.39 is 10.0 Å². The van der Waals surface area contributed by atoms with Gasteiger partial charge >= 0.3 is 0 Å². The molecular formula is C26H28N2O5S. The molecule has 7 nitrogen and oxygen atoms in total. The van der Waals surface area contributed by atoms with E-state index in [1.165, 1.54) is 31.9 Å². The highest BCUT2D eigenvalue weighted by Crippen LogP contribution is 2.34. The second-order valence-corrected chi connectivity index (χ2v) is 9.94. The molecule has 34 heavy (non-hydrogen) atoms. The van der Waals surface area contributed by atoms with Crippen molar-refractivity contribution in [2.75, 3.05) is 25.1 Å². The van der Waals surface area contributed by atoms with E-state index in [-0.39, 0.29) is 23.4 Å². The Balaban J connectivity index is 1.66. The Hall–Kier alpha value is -3.52. The number of carbonyl (C=O) groups is 1. The van der Waals surface area contributed by atoms with Crippen LogP contribution in [-0.4, -0.2) is 35.1 Å². The standard InChI is InChI=1S/C26H28N2O5S/c1-32-24-16-15-20(17-25(24)33-2)28(34(30,31)21-11-4-3-5-12-21)18-26(29)27-23-14-8-10-19-9-6-7-13-22(19)23/h3-7,9,11-13,15-17,23H,8,10,14,18H2,1-2H3,(H,27,29)/t23-/m1/s1. The molecule has 0 aromatic heterocycles. The predicted molar refractivity (Wildman–Crippen MR) is 131 cm³/mol. The molecule has 0 unspecified atom stereocenters. The van der Waals surface area contributed by atoms with Gasteiger partial charge in [-0.25, -0.2) is 8.42 Å². The van der Waals surface area contributed by atoms with Crippen LogP contribution in [0.3, 0.4) is 0 Å². The van der Waals surface area contributed by atoms with Gasteiger partial charge in [0.05, 0.1) is 30.8 Å². The summed E-state index contributed by atoms with van der Waals surface area (Å²) < 4.78 is 38.9. The van der Waals surface area contributed by atoms with Gasteiger partial charge < -0.3 is 14.8 Å². The Bertz CT molecular complexity index is 1260. The average molecular weight is 481 g/mol. The molecular weight excluding hydrogens is 452 g/mol. The number of methoxy groups -OCH3 is 2. The van der Waals surface area contributed by atoms with E-state index in [0.29, 0.717) is 17.2 Å². The molecule has 1 N–H and O–H groups in total. The second kappa shape index (κ2) is 10.2. The molecule has 0 saturated heterocycles. The number of amides is 1. The lowest BCUT2D eigenvalue weighted by Gasteiger charge is -2.29. The number of hydrogen-bond acceptors (Lipinski definition) is 5. The van der Waals surface area contributed by atoms with Gasteiger partial charge in [0.2, 0.25) is 5.91 Å². The molecule has 1 amide bonds. The molecule has 8 heteroatoms. The van der Waals surface area contributed by atoms with Crippen molar-refractivity contribution in [3.05, 3.63) is 83.9 Å². The largest absolute Gasteiger partial charge is 0.493 e. The molecule has 1 atom stereocenters. The van der Waals surface area contributed by atoms with Crippen LogP contribution in [0.15, 0.2) is 77.7 Å².